The van der Waals surface area contributed by atoms with Crippen LogP contribution < -0.4 is 0 Å². The summed E-state index contributed by atoms with van der Waals surface area (Å²) < 4.78 is 16.4. The first-order valence-corrected chi connectivity index (χ1v) is 9.02. The first kappa shape index (κ1) is 19.9. The number of esters is 3. The van der Waals surface area contributed by atoms with Crippen LogP contribution in [0.3, 0.4) is 0 Å². The quantitative estimate of drug-likeness (QED) is 0.592. The lowest BCUT2D eigenvalue weighted by atomic mass is 9.89. The van der Waals surface area contributed by atoms with Crippen LogP contribution in [-0.4, -0.2) is 36.7 Å². The van der Waals surface area contributed by atoms with E-state index in [4.69, 9.17) is 14.2 Å². The molecular weight excluding hydrogens is 336 g/mol. The van der Waals surface area contributed by atoms with Crippen molar-refractivity contribution < 1.29 is 28.6 Å². The second kappa shape index (κ2) is 9.36. The van der Waals surface area contributed by atoms with Gasteiger partial charge in [0.05, 0.1) is 12.3 Å². The van der Waals surface area contributed by atoms with Crippen molar-refractivity contribution in [2.24, 2.45) is 11.8 Å². The van der Waals surface area contributed by atoms with E-state index in [1.807, 2.05) is 37.3 Å². The summed E-state index contributed by atoms with van der Waals surface area (Å²) in [4.78, 5) is 36.8. The summed E-state index contributed by atoms with van der Waals surface area (Å²) >= 11 is 0. The summed E-state index contributed by atoms with van der Waals surface area (Å²) in [7, 11) is 0. The van der Waals surface area contributed by atoms with E-state index in [2.05, 4.69) is 0 Å². The normalized spacial score (nSPS) is 24.1. The van der Waals surface area contributed by atoms with Crippen LogP contribution in [0.15, 0.2) is 30.3 Å². The number of hydrogen-bond donors (Lipinski definition) is 0. The standard InChI is InChI=1S/C20H26O6/c1-4-16-18(26-19(22)13(2)3)15(12-14-8-6-5-7-9-14)20(23)24-11-10-17(21)25-16/h5-9,13,15-16,18H,4,10-12H2,1-3H3/t15-,16+,18-/m1/s1. The van der Waals surface area contributed by atoms with Gasteiger partial charge in [-0.05, 0) is 18.4 Å². The number of cyclic esters (lactones) is 2. The fraction of sp³-hybridized carbons (Fsp3) is 0.550. The molecule has 1 aromatic carbocycles. The molecule has 3 atom stereocenters. The van der Waals surface area contributed by atoms with E-state index in [1.165, 1.54) is 0 Å². The van der Waals surface area contributed by atoms with Crippen LogP contribution in [0, 0.1) is 11.8 Å². The van der Waals surface area contributed by atoms with Crippen LogP contribution >= 0.6 is 0 Å². The Morgan fingerprint density at radius 3 is 2.54 bits per heavy atom. The molecule has 1 heterocycles. The summed E-state index contributed by atoms with van der Waals surface area (Å²) in [5.41, 5.74) is 0.917. The summed E-state index contributed by atoms with van der Waals surface area (Å²) in [6.07, 6.45) is -0.816. The fourth-order valence-electron chi connectivity index (χ4n) is 2.84. The predicted molar refractivity (Wildman–Crippen MR) is 94.1 cm³/mol. The molecule has 0 radical (unpaired) electrons. The lowest BCUT2D eigenvalue weighted by molar-refractivity contribution is -0.177. The molecule has 0 spiro atoms. The van der Waals surface area contributed by atoms with Gasteiger partial charge in [-0.25, -0.2) is 0 Å². The molecule has 1 aromatic rings. The molecule has 0 amide bonds. The monoisotopic (exact) mass is 362 g/mol. The highest BCUT2D eigenvalue weighted by molar-refractivity contribution is 5.77. The number of carbonyl (C=O) groups excluding carboxylic acids is 3. The van der Waals surface area contributed by atoms with Gasteiger partial charge in [0.25, 0.3) is 0 Å². The highest BCUT2D eigenvalue weighted by atomic mass is 16.6. The summed E-state index contributed by atoms with van der Waals surface area (Å²) in [6.45, 7) is 5.23. The molecule has 6 heteroatoms. The van der Waals surface area contributed by atoms with Gasteiger partial charge >= 0.3 is 17.9 Å². The molecule has 0 aromatic heterocycles. The predicted octanol–water partition coefficient (Wildman–Crippen LogP) is 2.68. The minimum atomic E-state index is -0.885. The second-order valence-electron chi connectivity index (χ2n) is 6.71. The van der Waals surface area contributed by atoms with E-state index in [1.54, 1.807) is 13.8 Å². The summed E-state index contributed by atoms with van der Waals surface area (Å²) in [6, 6.07) is 9.44. The average molecular weight is 362 g/mol. The highest BCUT2D eigenvalue weighted by Gasteiger charge is 2.41. The van der Waals surface area contributed by atoms with Crippen LogP contribution in [0.5, 0.6) is 0 Å². The molecule has 1 fully saturated rings. The number of benzene rings is 1. The van der Waals surface area contributed by atoms with Gasteiger partial charge in [-0.15, -0.1) is 0 Å². The average Bonchev–Trinajstić information content (AvgIpc) is 2.67. The van der Waals surface area contributed by atoms with Crippen molar-refractivity contribution in [3.63, 3.8) is 0 Å². The molecule has 1 saturated heterocycles. The van der Waals surface area contributed by atoms with Gasteiger partial charge in [0.15, 0.2) is 6.10 Å². The Balaban J connectivity index is 2.36. The van der Waals surface area contributed by atoms with E-state index in [9.17, 15) is 14.4 Å². The van der Waals surface area contributed by atoms with Gasteiger partial charge in [-0.1, -0.05) is 51.1 Å². The molecule has 0 saturated carbocycles. The minimum absolute atomic E-state index is 0.00879. The van der Waals surface area contributed by atoms with Crippen molar-refractivity contribution in [2.45, 2.75) is 52.2 Å². The van der Waals surface area contributed by atoms with Crippen molar-refractivity contribution in [3.8, 4) is 0 Å². The maximum absolute atomic E-state index is 12.7. The molecule has 0 N–H and O–H groups in total. The Labute approximate surface area is 153 Å². The molecule has 1 aliphatic heterocycles. The van der Waals surface area contributed by atoms with Crippen LogP contribution in [0.2, 0.25) is 0 Å². The van der Waals surface area contributed by atoms with E-state index >= 15 is 0 Å². The number of hydrogen-bond acceptors (Lipinski definition) is 6. The largest absolute Gasteiger partial charge is 0.465 e. The zero-order valence-corrected chi connectivity index (χ0v) is 15.5. The lowest BCUT2D eigenvalue weighted by Crippen LogP contribution is -2.44. The molecule has 0 unspecified atom stereocenters. The number of carbonyl (C=O) groups is 3. The van der Waals surface area contributed by atoms with Crippen molar-refractivity contribution in [1.29, 1.82) is 0 Å². The number of ether oxygens (including phenoxy) is 3. The molecular formula is C20H26O6. The van der Waals surface area contributed by atoms with Crippen LogP contribution in [0.4, 0.5) is 0 Å². The third-order valence-corrected chi connectivity index (χ3v) is 4.32. The Kier molecular flexibility index (Phi) is 7.18. The zero-order chi connectivity index (χ0) is 19.1. The van der Waals surface area contributed by atoms with Crippen molar-refractivity contribution >= 4 is 17.9 Å². The lowest BCUT2D eigenvalue weighted by Gasteiger charge is -2.31. The van der Waals surface area contributed by atoms with Crippen LogP contribution in [0.25, 0.3) is 0 Å². The molecule has 0 aliphatic carbocycles. The Bertz CT molecular complexity index is 624. The molecule has 6 nitrogen and oxygen atoms in total. The van der Waals surface area contributed by atoms with Gasteiger partial charge in [0, 0.05) is 0 Å². The fourth-order valence-corrected chi connectivity index (χ4v) is 2.84. The van der Waals surface area contributed by atoms with Crippen molar-refractivity contribution in [1.82, 2.24) is 0 Å². The van der Waals surface area contributed by atoms with Crippen molar-refractivity contribution in [3.05, 3.63) is 35.9 Å². The van der Waals surface area contributed by atoms with E-state index in [-0.39, 0.29) is 18.9 Å². The first-order valence-electron chi connectivity index (χ1n) is 9.02. The van der Waals surface area contributed by atoms with Gasteiger partial charge in [0.1, 0.15) is 18.6 Å². The molecule has 2 rings (SSSR count). The third-order valence-electron chi connectivity index (χ3n) is 4.32. The molecule has 1 aliphatic rings. The van der Waals surface area contributed by atoms with Crippen LogP contribution in [-0.2, 0) is 35.0 Å². The third kappa shape index (κ3) is 5.31. The van der Waals surface area contributed by atoms with Gasteiger partial charge in [0.2, 0.25) is 0 Å². The van der Waals surface area contributed by atoms with Gasteiger partial charge < -0.3 is 14.2 Å². The van der Waals surface area contributed by atoms with Crippen LogP contribution in [0.1, 0.15) is 39.2 Å². The Morgan fingerprint density at radius 2 is 1.92 bits per heavy atom. The van der Waals surface area contributed by atoms with E-state index in [0.29, 0.717) is 12.8 Å². The van der Waals surface area contributed by atoms with E-state index < -0.39 is 36.0 Å². The topological polar surface area (TPSA) is 78.9 Å². The summed E-state index contributed by atoms with van der Waals surface area (Å²) in [5.74, 6) is -2.47. The SMILES string of the molecule is CC[C@@H]1OC(=O)CCOC(=O)[C@H](Cc2ccccc2)[C@H]1OC(=O)C(C)C. The summed E-state index contributed by atoms with van der Waals surface area (Å²) in [5, 5.41) is 0. The highest BCUT2D eigenvalue weighted by Crippen LogP contribution is 2.26. The second-order valence-corrected chi connectivity index (χ2v) is 6.71. The van der Waals surface area contributed by atoms with Crippen molar-refractivity contribution in [2.75, 3.05) is 6.61 Å². The first-order chi connectivity index (χ1) is 12.4. The van der Waals surface area contributed by atoms with Gasteiger partial charge in [-0.2, -0.15) is 0 Å². The zero-order valence-electron chi connectivity index (χ0n) is 15.5. The molecule has 26 heavy (non-hydrogen) atoms. The molecule has 142 valence electrons. The van der Waals surface area contributed by atoms with E-state index in [0.717, 1.165) is 5.56 Å². The smallest absolute Gasteiger partial charge is 0.313 e. The van der Waals surface area contributed by atoms with Gasteiger partial charge in [-0.3, -0.25) is 14.4 Å². The number of rotatable bonds is 5. The molecule has 0 bridgehead atoms. The maximum Gasteiger partial charge on any atom is 0.313 e. The Morgan fingerprint density at radius 1 is 1.23 bits per heavy atom. The Hall–Kier alpha value is -2.37. The minimum Gasteiger partial charge on any atom is -0.465 e. The maximum atomic E-state index is 12.7.